The molecule has 1 aliphatic rings. The number of allylic oxidation sites excluding steroid dienone is 2. The maximum Gasteiger partial charge on any atom is 0.161 e. The molecular formula is C23H39NO4. The summed E-state index contributed by atoms with van der Waals surface area (Å²) in [6, 6.07) is 0. The van der Waals surface area contributed by atoms with E-state index in [0.29, 0.717) is 69.9 Å². The van der Waals surface area contributed by atoms with E-state index in [1.54, 1.807) is 0 Å². The van der Waals surface area contributed by atoms with Crippen molar-refractivity contribution in [3.63, 3.8) is 0 Å². The maximum absolute atomic E-state index is 12.0. The summed E-state index contributed by atoms with van der Waals surface area (Å²) in [5.41, 5.74) is 2.24. The van der Waals surface area contributed by atoms with Crippen molar-refractivity contribution in [2.75, 3.05) is 19.7 Å². The lowest BCUT2D eigenvalue weighted by molar-refractivity contribution is -0.963. The van der Waals surface area contributed by atoms with Crippen LogP contribution in [0.5, 0.6) is 0 Å². The van der Waals surface area contributed by atoms with Gasteiger partial charge in [-0.3, -0.25) is 9.59 Å². The maximum atomic E-state index is 12.0. The minimum Gasteiger partial charge on any atom is -0.598 e. The Morgan fingerprint density at radius 1 is 1.00 bits per heavy atom. The van der Waals surface area contributed by atoms with Crippen LogP contribution in [0.25, 0.3) is 0 Å². The predicted molar refractivity (Wildman–Crippen MR) is 113 cm³/mol. The molecular weight excluding hydrogens is 354 g/mol. The monoisotopic (exact) mass is 393 g/mol. The Morgan fingerprint density at radius 2 is 1.68 bits per heavy atom. The Labute approximate surface area is 170 Å². The highest BCUT2D eigenvalue weighted by Crippen LogP contribution is 2.24. The lowest BCUT2D eigenvalue weighted by Crippen LogP contribution is -2.18. The van der Waals surface area contributed by atoms with Gasteiger partial charge in [0.05, 0.1) is 0 Å². The van der Waals surface area contributed by atoms with Gasteiger partial charge in [0.1, 0.15) is 18.2 Å². The zero-order chi connectivity index (χ0) is 21.0. The number of Topliss-reactive ketones (excluding diaryl/α,β-unsaturated/α-hetero) is 2. The molecule has 0 amide bonds. The van der Waals surface area contributed by atoms with E-state index in [2.05, 4.69) is 13.2 Å². The predicted octanol–water partition coefficient (Wildman–Crippen LogP) is 5.44. The first kappa shape index (κ1) is 24.7. The molecule has 28 heavy (non-hydrogen) atoms. The Balaban J connectivity index is 2.21. The van der Waals surface area contributed by atoms with Crippen molar-refractivity contribution < 1.29 is 19.2 Å². The summed E-state index contributed by atoms with van der Waals surface area (Å²) in [4.78, 5) is 28.6. The first-order valence-corrected chi connectivity index (χ1v) is 10.8. The second-order valence-corrected chi connectivity index (χ2v) is 8.38. The van der Waals surface area contributed by atoms with Gasteiger partial charge in [0.2, 0.25) is 0 Å². The third-order valence-corrected chi connectivity index (χ3v) is 5.20. The van der Waals surface area contributed by atoms with Crippen LogP contribution in [0.1, 0.15) is 84.5 Å². The van der Waals surface area contributed by atoms with Gasteiger partial charge < -0.3 is 5.21 Å². The molecule has 0 aromatic carbocycles. The van der Waals surface area contributed by atoms with E-state index in [4.69, 9.17) is 4.84 Å². The number of hydroxylamine groups is 4. The van der Waals surface area contributed by atoms with E-state index in [1.165, 1.54) is 0 Å². The number of quaternary nitrogens is 1. The first-order chi connectivity index (χ1) is 13.2. The zero-order valence-electron chi connectivity index (χ0n) is 18.0. The van der Waals surface area contributed by atoms with Crippen LogP contribution in [0.3, 0.4) is 0 Å². The summed E-state index contributed by atoms with van der Waals surface area (Å²) in [7, 11) is 0. The topological polar surface area (TPSA) is 66.4 Å². The quantitative estimate of drug-likeness (QED) is 0.102. The van der Waals surface area contributed by atoms with Gasteiger partial charge in [-0.2, -0.15) is 0 Å². The Bertz CT molecular complexity index is 537. The van der Waals surface area contributed by atoms with Gasteiger partial charge in [-0.25, -0.2) is 9.65 Å². The molecule has 0 aromatic rings. The minimum atomic E-state index is -0.543. The number of ketones is 2. The lowest BCUT2D eigenvalue weighted by Gasteiger charge is -2.18. The van der Waals surface area contributed by atoms with Crippen molar-refractivity contribution in [3.05, 3.63) is 29.5 Å². The molecule has 0 saturated carbocycles. The summed E-state index contributed by atoms with van der Waals surface area (Å²) in [5.74, 6) is 0.923. The Morgan fingerprint density at radius 3 is 2.29 bits per heavy atom. The Hall–Kier alpha value is -1.30. The number of hydrogen-bond acceptors (Lipinski definition) is 4. The molecule has 1 rings (SSSR count). The third kappa shape index (κ3) is 12.2. The normalized spacial score (nSPS) is 15.8. The molecule has 0 bridgehead atoms. The highest BCUT2D eigenvalue weighted by molar-refractivity contribution is 5.79. The first-order valence-electron chi connectivity index (χ1n) is 10.8. The smallest absolute Gasteiger partial charge is 0.161 e. The number of carbonyl (C=O) groups is 2. The highest BCUT2D eigenvalue weighted by Gasteiger charge is 2.35. The van der Waals surface area contributed by atoms with Crippen LogP contribution in [0, 0.1) is 11.1 Å². The fourth-order valence-corrected chi connectivity index (χ4v) is 3.19. The van der Waals surface area contributed by atoms with Crippen molar-refractivity contribution in [2.45, 2.75) is 84.5 Å². The highest BCUT2D eigenvalue weighted by atomic mass is 16.9. The van der Waals surface area contributed by atoms with E-state index in [-0.39, 0.29) is 5.78 Å². The molecule has 1 unspecified atom stereocenters. The third-order valence-electron chi connectivity index (χ3n) is 5.20. The van der Waals surface area contributed by atoms with Crippen LogP contribution in [0.2, 0.25) is 0 Å². The van der Waals surface area contributed by atoms with E-state index >= 15 is 0 Å². The molecule has 0 N–H and O–H groups in total. The van der Waals surface area contributed by atoms with Gasteiger partial charge in [-0.15, -0.1) is 6.58 Å². The lowest BCUT2D eigenvalue weighted by atomic mass is 9.88. The average Bonchev–Trinajstić information content (AvgIpc) is 3.37. The van der Waals surface area contributed by atoms with E-state index in [0.717, 1.165) is 43.3 Å². The molecule has 1 fully saturated rings. The summed E-state index contributed by atoms with van der Waals surface area (Å²) < 4.78 is 0. The van der Waals surface area contributed by atoms with Crippen LogP contribution in [0.15, 0.2) is 24.3 Å². The van der Waals surface area contributed by atoms with Crippen molar-refractivity contribution in [1.29, 1.82) is 0 Å². The van der Waals surface area contributed by atoms with Crippen LogP contribution in [-0.2, 0) is 14.4 Å². The van der Waals surface area contributed by atoms with Gasteiger partial charge in [0.25, 0.3) is 0 Å². The number of nitrogens with zero attached hydrogens (tertiary/aromatic N) is 1. The second-order valence-electron chi connectivity index (χ2n) is 8.38. The van der Waals surface area contributed by atoms with Crippen molar-refractivity contribution in [3.8, 4) is 0 Å². The molecule has 0 radical (unpaired) electrons. The molecule has 5 heteroatoms. The second kappa shape index (κ2) is 13.0. The van der Waals surface area contributed by atoms with Crippen LogP contribution < -0.4 is 0 Å². The fourth-order valence-electron chi connectivity index (χ4n) is 3.19. The molecule has 0 aromatic heterocycles. The van der Waals surface area contributed by atoms with Crippen molar-refractivity contribution in [1.82, 2.24) is 0 Å². The number of rotatable bonds is 18. The van der Waals surface area contributed by atoms with Gasteiger partial charge in [-0.1, -0.05) is 24.6 Å². The zero-order valence-corrected chi connectivity index (χ0v) is 18.0. The minimum absolute atomic E-state index is 0.199. The molecule has 1 heterocycles. The number of hydrogen-bond donors (Lipinski definition) is 0. The standard InChI is InChI=1S/C23H39NO4/c1-5-7-23(26)18-21(12-9-19(2)3)13-10-20(4)11-14-22(25)8-6-17-28-24(27)15-16-24/h21H,2,4-18H2,1,3H3. The molecule has 1 atom stereocenters. The molecule has 5 nitrogen and oxygen atoms in total. The van der Waals surface area contributed by atoms with Gasteiger partial charge in [-0.05, 0) is 57.8 Å². The van der Waals surface area contributed by atoms with Crippen LogP contribution in [0.4, 0.5) is 0 Å². The van der Waals surface area contributed by atoms with Crippen LogP contribution >= 0.6 is 0 Å². The summed E-state index contributed by atoms with van der Waals surface area (Å²) in [6.45, 7) is 13.6. The van der Waals surface area contributed by atoms with E-state index in [9.17, 15) is 14.8 Å². The van der Waals surface area contributed by atoms with E-state index in [1.807, 2.05) is 13.8 Å². The van der Waals surface area contributed by atoms with Gasteiger partial charge in [0, 0.05) is 25.7 Å². The Kier molecular flexibility index (Phi) is 11.5. The van der Waals surface area contributed by atoms with Crippen molar-refractivity contribution in [2.24, 2.45) is 5.92 Å². The number of carbonyl (C=O) groups excluding carboxylic acids is 2. The SMILES string of the molecule is C=C(C)CCC(CCC(=C)CCC(=O)CCCO[N+]1([O-])CC1)CC(=O)CCC. The van der Waals surface area contributed by atoms with Gasteiger partial charge in [0.15, 0.2) is 13.1 Å². The fraction of sp³-hybridized carbons (Fsp3) is 0.739. The largest absolute Gasteiger partial charge is 0.598 e. The molecule has 1 aliphatic heterocycles. The van der Waals surface area contributed by atoms with Crippen molar-refractivity contribution >= 4 is 11.6 Å². The summed E-state index contributed by atoms with van der Waals surface area (Å²) in [6.07, 6.45) is 8.26. The average molecular weight is 394 g/mol. The summed E-state index contributed by atoms with van der Waals surface area (Å²) in [5, 5.41) is 11.4. The molecule has 0 spiro atoms. The molecule has 160 valence electrons. The van der Waals surface area contributed by atoms with Gasteiger partial charge >= 0.3 is 0 Å². The van der Waals surface area contributed by atoms with Crippen LogP contribution in [-0.4, -0.2) is 36.1 Å². The van der Waals surface area contributed by atoms with E-state index < -0.39 is 4.81 Å². The molecule has 0 aliphatic carbocycles. The summed E-state index contributed by atoms with van der Waals surface area (Å²) >= 11 is 0. The molecule has 1 saturated heterocycles.